The molecular formula is C23H28FN3O2. The van der Waals surface area contributed by atoms with E-state index in [-0.39, 0.29) is 11.4 Å². The van der Waals surface area contributed by atoms with Crippen molar-refractivity contribution < 1.29 is 8.81 Å². The highest BCUT2D eigenvalue weighted by Gasteiger charge is 2.15. The molecule has 0 N–H and O–H groups in total. The number of nitrogens with zero attached hydrogens (tertiary/aromatic N) is 3. The lowest BCUT2D eigenvalue weighted by Gasteiger charge is -2.27. The number of pyridine rings is 1. The maximum absolute atomic E-state index is 13.9. The van der Waals surface area contributed by atoms with Gasteiger partial charge in [0.05, 0.1) is 18.3 Å². The fourth-order valence-corrected chi connectivity index (χ4v) is 4.19. The van der Waals surface area contributed by atoms with Crippen LogP contribution in [0.15, 0.2) is 51.9 Å². The average Bonchev–Trinajstić information content (AvgIpc) is 3.22. The van der Waals surface area contributed by atoms with Crippen LogP contribution in [0.5, 0.6) is 0 Å². The summed E-state index contributed by atoms with van der Waals surface area (Å²) in [4.78, 5) is 17.7. The number of aromatic nitrogens is 1. The molecule has 1 saturated heterocycles. The number of hydrogen-bond acceptors (Lipinski definition) is 4. The van der Waals surface area contributed by atoms with Gasteiger partial charge in [0.1, 0.15) is 11.6 Å². The standard InChI is InChI=1S/C23H28FN3O2/c1-25(17-21-6-5-13-29-21)16-19-14-18-15-20(24)7-8-22(18)27(23(19)28)12-11-26-9-3-2-4-10-26/h5-8,13-15H,2-4,9-12,16-17H2,1H3. The topological polar surface area (TPSA) is 41.6 Å². The van der Waals surface area contributed by atoms with Crippen LogP contribution < -0.4 is 5.56 Å². The maximum atomic E-state index is 13.9. The van der Waals surface area contributed by atoms with E-state index in [4.69, 9.17) is 4.42 Å². The Morgan fingerprint density at radius 2 is 1.90 bits per heavy atom. The second kappa shape index (κ2) is 8.93. The van der Waals surface area contributed by atoms with E-state index in [1.807, 2.05) is 34.7 Å². The summed E-state index contributed by atoms with van der Waals surface area (Å²) >= 11 is 0. The molecule has 3 aromatic rings. The van der Waals surface area contributed by atoms with Crippen LogP contribution in [-0.4, -0.2) is 41.0 Å². The van der Waals surface area contributed by atoms with Gasteiger partial charge in [-0.15, -0.1) is 0 Å². The first-order chi connectivity index (χ1) is 14.1. The normalized spacial score (nSPS) is 15.4. The molecule has 0 aliphatic carbocycles. The van der Waals surface area contributed by atoms with Crippen molar-refractivity contribution in [3.63, 3.8) is 0 Å². The highest BCUT2D eigenvalue weighted by Crippen LogP contribution is 2.18. The summed E-state index contributed by atoms with van der Waals surface area (Å²) in [5, 5.41) is 0.768. The molecule has 1 aliphatic heterocycles. The highest BCUT2D eigenvalue weighted by molar-refractivity contribution is 5.79. The van der Waals surface area contributed by atoms with E-state index in [9.17, 15) is 9.18 Å². The fourth-order valence-electron chi connectivity index (χ4n) is 4.19. The lowest BCUT2D eigenvalue weighted by Crippen LogP contribution is -2.36. The molecule has 1 aromatic carbocycles. The molecule has 0 amide bonds. The first kappa shape index (κ1) is 19.9. The molecule has 0 bridgehead atoms. The lowest BCUT2D eigenvalue weighted by molar-refractivity contribution is 0.220. The van der Waals surface area contributed by atoms with Crippen LogP contribution in [0.2, 0.25) is 0 Å². The van der Waals surface area contributed by atoms with Crippen LogP contribution in [0.3, 0.4) is 0 Å². The van der Waals surface area contributed by atoms with Crippen molar-refractivity contribution in [2.75, 3.05) is 26.7 Å². The summed E-state index contributed by atoms with van der Waals surface area (Å²) in [6.07, 6.45) is 5.38. The molecule has 5 nitrogen and oxygen atoms in total. The Morgan fingerprint density at radius 3 is 2.66 bits per heavy atom. The molecule has 0 atom stereocenters. The van der Waals surface area contributed by atoms with Gasteiger partial charge in [-0.2, -0.15) is 0 Å². The quantitative estimate of drug-likeness (QED) is 0.607. The molecule has 0 spiro atoms. The van der Waals surface area contributed by atoms with Crippen molar-refractivity contribution in [2.45, 2.75) is 38.9 Å². The molecule has 0 radical (unpaired) electrons. The van der Waals surface area contributed by atoms with Gasteiger partial charge < -0.3 is 13.9 Å². The minimum Gasteiger partial charge on any atom is -0.468 e. The monoisotopic (exact) mass is 397 g/mol. The first-order valence-electron chi connectivity index (χ1n) is 10.4. The Kier molecular flexibility index (Phi) is 6.11. The average molecular weight is 397 g/mol. The van der Waals surface area contributed by atoms with Gasteiger partial charge in [-0.1, -0.05) is 6.42 Å². The van der Waals surface area contributed by atoms with Gasteiger partial charge in [-0.3, -0.25) is 9.69 Å². The van der Waals surface area contributed by atoms with Crippen molar-refractivity contribution >= 4 is 10.9 Å². The zero-order valence-electron chi connectivity index (χ0n) is 16.9. The second-order valence-electron chi connectivity index (χ2n) is 7.98. The minimum atomic E-state index is -0.284. The number of furan rings is 1. The number of likely N-dealkylation sites (tertiary alicyclic amines) is 1. The van der Waals surface area contributed by atoms with Gasteiger partial charge in [0.25, 0.3) is 5.56 Å². The van der Waals surface area contributed by atoms with Crippen LogP contribution >= 0.6 is 0 Å². The van der Waals surface area contributed by atoms with Gasteiger partial charge in [0.15, 0.2) is 0 Å². The Bertz CT molecular complexity index is 1010. The van der Waals surface area contributed by atoms with Crippen LogP contribution in [0.25, 0.3) is 10.9 Å². The fraction of sp³-hybridized carbons (Fsp3) is 0.435. The van der Waals surface area contributed by atoms with E-state index in [0.29, 0.717) is 25.2 Å². The van der Waals surface area contributed by atoms with Crippen LogP contribution in [0.1, 0.15) is 30.6 Å². The van der Waals surface area contributed by atoms with E-state index >= 15 is 0 Å². The van der Waals surface area contributed by atoms with Gasteiger partial charge in [0.2, 0.25) is 0 Å². The van der Waals surface area contributed by atoms with E-state index < -0.39 is 0 Å². The Balaban J connectivity index is 1.61. The Hall–Kier alpha value is -2.44. The van der Waals surface area contributed by atoms with Crippen LogP contribution in [0, 0.1) is 5.82 Å². The zero-order chi connectivity index (χ0) is 20.2. The third-order valence-electron chi connectivity index (χ3n) is 5.66. The molecular weight excluding hydrogens is 369 g/mol. The summed E-state index contributed by atoms with van der Waals surface area (Å²) in [6, 6.07) is 10.3. The number of benzene rings is 1. The maximum Gasteiger partial charge on any atom is 0.255 e. The molecule has 1 fully saturated rings. The summed E-state index contributed by atoms with van der Waals surface area (Å²) in [6.45, 7) is 4.74. The summed E-state index contributed by atoms with van der Waals surface area (Å²) in [7, 11) is 1.95. The largest absolute Gasteiger partial charge is 0.468 e. The van der Waals surface area contributed by atoms with E-state index in [1.165, 1.54) is 31.4 Å². The van der Waals surface area contributed by atoms with Crippen molar-refractivity contribution in [1.29, 1.82) is 0 Å². The third-order valence-corrected chi connectivity index (χ3v) is 5.66. The SMILES string of the molecule is CN(Cc1ccco1)Cc1cc2cc(F)ccc2n(CCN2CCCCC2)c1=O. The molecule has 29 heavy (non-hydrogen) atoms. The summed E-state index contributed by atoms with van der Waals surface area (Å²) < 4.78 is 21.1. The van der Waals surface area contributed by atoms with Gasteiger partial charge >= 0.3 is 0 Å². The second-order valence-corrected chi connectivity index (χ2v) is 7.98. The van der Waals surface area contributed by atoms with Crippen molar-refractivity contribution in [3.8, 4) is 0 Å². The Morgan fingerprint density at radius 1 is 1.07 bits per heavy atom. The molecule has 4 rings (SSSR count). The number of piperidine rings is 1. The summed E-state index contributed by atoms with van der Waals surface area (Å²) in [5.74, 6) is 0.568. The summed E-state index contributed by atoms with van der Waals surface area (Å²) in [5.41, 5.74) is 1.48. The Labute approximate surface area is 170 Å². The van der Waals surface area contributed by atoms with Gasteiger partial charge in [-0.05, 0) is 69.4 Å². The lowest BCUT2D eigenvalue weighted by atomic mass is 10.1. The van der Waals surface area contributed by atoms with Gasteiger partial charge in [-0.25, -0.2) is 4.39 Å². The molecule has 0 saturated carbocycles. The van der Waals surface area contributed by atoms with Crippen molar-refractivity contribution in [3.05, 3.63) is 70.2 Å². The van der Waals surface area contributed by atoms with Crippen molar-refractivity contribution in [1.82, 2.24) is 14.4 Å². The molecule has 3 heterocycles. The van der Waals surface area contributed by atoms with E-state index in [0.717, 1.165) is 36.3 Å². The predicted molar refractivity (Wildman–Crippen MR) is 112 cm³/mol. The number of hydrogen-bond donors (Lipinski definition) is 0. The molecule has 6 heteroatoms. The van der Waals surface area contributed by atoms with Gasteiger partial charge in [0, 0.05) is 30.6 Å². The predicted octanol–water partition coefficient (Wildman–Crippen LogP) is 3.85. The number of halogens is 1. The van der Waals surface area contributed by atoms with E-state index in [1.54, 1.807) is 12.3 Å². The van der Waals surface area contributed by atoms with Crippen LogP contribution in [0.4, 0.5) is 4.39 Å². The number of rotatable bonds is 7. The molecule has 0 unspecified atom stereocenters. The zero-order valence-corrected chi connectivity index (χ0v) is 16.9. The van der Waals surface area contributed by atoms with Crippen LogP contribution in [-0.2, 0) is 19.6 Å². The minimum absolute atomic E-state index is 0.00686. The smallest absolute Gasteiger partial charge is 0.255 e. The number of fused-ring (bicyclic) bond motifs is 1. The third kappa shape index (κ3) is 4.77. The molecule has 154 valence electrons. The van der Waals surface area contributed by atoms with E-state index in [2.05, 4.69) is 4.90 Å². The van der Waals surface area contributed by atoms with Crippen molar-refractivity contribution in [2.24, 2.45) is 0 Å². The first-order valence-corrected chi connectivity index (χ1v) is 10.4. The highest BCUT2D eigenvalue weighted by atomic mass is 19.1. The molecule has 2 aromatic heterocycles. The molecule has 1 aliphatic rings.